The molecule has 0 fully saturated rings. The molecule has 0 radical (unpaired) electrons. The maximum absolute atomic E-state index is 13.8. The molecule has 0 amide bonds. The SMILES string of the molecule is N#Cc1oc2ccccc2c1Oc1c(N)ccc(F)c1F. The number of ether oxygens (including phenoxy) is 1. The van der Waals surface area contributed by atoms with Crippen LogP contribution in [0, 0.1) is 23.0 Å². The Hall–Kier alpha value is -3.07. The summed E-state index contributed by atoms with van der Waals surface area (Å²) in [6.07, 6.45) is 0. The Balaban J connectivity index is 2.19. The number of nitrogens with two attached hydrogens (primary N) is 1. The molecule has 3 aromatic rings. The van der Waals surface area contributed by atoms with E-state index in [0.29, 0.717) is 11.0 Å². The summed E-state index contributed by atoms with van der Waals surface area (Å²) in [6.45, 7) is 0. The summed E-state index contributed by atoms with van der Waals surface area (Å²) in [5, 5.41) is 9.54. The fourth-order valence-corrected chi connectivity index (χ4v) is 1.95. The number of halogens is 2. The molecule has 0 spiro atoms. The summed E-state index contributed by atoms with van der Waals surface area (Å²) in [6, 6.07) is 10.6. The van der Waals surface area contributed by atoms with Crippen molar-refractivity contribution in [3.8, 4) is 17.6 Å². The molecule has 0 atom stereocenters. The Morgan fingerprint density at radius 2 is 1.86 bits per heavy atom. The molecule has 4 nitrogen and oxygen atoms in total. The normalized spacial score (nSPS) is 10.5. The monoisotopic (exact) mass is 286 g/mol. The number of nitrogens with zero attached hydrogens (tertiary/aromatic N) is 1. The number of nitrogen functional groups attached to an aromatic ring is 1. The van der Waals surface area contributed by atoms with Crippen LogP contribution in [0.5, 0.6) is 11.5 Å². The van der Waals surface area contributed by atoms with Gasteiger partial charge >= 0.3 is 0 Å². The molecule has 21 heavy (non-hydrogen) atoms. The number of hydrogen-bond donors (Lipinski definition) is 1. The molecular formula is C15H8F2N2O2. The minimum Gasteiger partial charge on any atom is -0.446 e. The first kappa shape index (κ1) is 12.9. The van der Waals surface area contributed by atoms with Gasteiger partial charge in [0.2, 0.25) is 11.6 Å². The Morgan fingerprint density at radius 3 is 2.62 bits per heavy atom. The zero-order valence-corrected chi connectivity index (χ0v) is 10.6. The number of hydrogen-bond acceptors (Lipinski definition) is 4. The molecule has 0 aliphatic heterocycles. The predicted octanol–water partition coefficient (Wildman–Crippen LogP) is 3.96. The molecule has 1 aromatic heterocycles. The molecule has 6 heteroatoms. The van der Waals surface area contributed by atoms with E-state index in [1.807, 2.05) is 6.07 Å². The maximum atomic E-state index is 13.8. The van der Waals surface area contributed by atoms with Crippen LogP contribution in [0.1, 0.15) is 5.76 Å². The van der Waals surface area contributed by atoms with E-state index in [4.69, 9.17) is 20.1 Å². The van der Waals surface area contributed by atoms with Gasteiger partial charge in [-0.05, 0) is 24.3 Å². The number of para-hydroxylation sites is 1. The Kier molecular flexibility index (Phi) is 2.95. The van der Waals surface area contributed by atoms with Crippen molar-refractivity contribution in [3.05, 3.63) is 53.8 Å². The van der Waals surface area contributed by atoms with Crippen molar-refractivity contribution in [2.24, 2.45) is 0 Å². The van der Waals surface area contributed by atoms with Gasteiger partial charge in [0.05, 0.1) is 11.1 Å². The van der Waals surface area contributed by atoms with E-state index >= 15 is 0 Å². The number of anilines is 1. The van der Waals surface area contributed by atoms with E-state index in [1.54, 1.807) is 24.3 Å². The van der Waals surface area contributed by atoms with Crippen molar-refractivity contribution in [1.82, 2.24) is 0 Å². The summed E-state index contributed by atoms with van der Waals surface area (Å²) in [5.41, 5.74) is 5.92. The molecule has 2 N–H and O–H groups in total. The van der Waals surface area contributed by atoms with Gasteiger partial charge < -0.3 is 14.9 Å². The maximum Gasteiger partial charge on any atom is 0.247 e. The van der Waals surface area contributed by atoms with Gasteiger partial charge in [0.15, 0.2) is 17.3 Å². The highest BCUT2D eigenvalue weighted by molar-refractivity contribution is 5.87. The largest absolute Gasteiger partial charge is 0.446 e. The van der Waals surface area contributed by atoms with Gasteiger partial charge in [0, 0.05) is 0 Å². The van der Waals surface area contributed by atoms with E-state index in [-0.39, 0.29) is 17.2 Å². The minimum absolute atomic E-state index is 0.00398. The summed E-state index contributed by atoms with van der Waals surface area (Å²) in [7, 11) is 0. The first-order valence-electron chi connectivity index (χ1n) is 5.94. The average Bonchev–Trinajstić information content (AvgIpc) is 2.85. The molecule has 0 aliphatic carbocycles. The van der Waals surface area contributed by atoms with Gasteiger partial charge in [0.1, 0.15) is 11.7 Å². The van der Waals surface area contributed by atoms with Gasteiger partial charge in [-0.1, -0.05) is 12.1 Å². The van der Waals surface area contributed by atoms with Crippen LogP contribution in [-0.4, -0.2) is 0 Å². The van der Waals surface area contributed by atoms with Crippen molar-refractivity contribution < 1.29 is 17.9 Å². The number of rotatable bonds is 2. The Morgan fingerprint density at radius 1 is 1.10 bits per heavy atom. The number of benzene rings is 2. The minimum atomic E-state index is -1.22. The van der Waals surface area contributed by atoms with Gasteiger partial charge in [-0.25, -0.2) is 4.39 Å². The van der Waals surface area contributed by atoms with Crippen LogP contribution in [0.4, 0.5) is 14.5 Å². The summed E-state index contributed by atoms with van der Waals surface area (Å²) in [5.74, 6) is -2.92. The number of furan rings is 1. The first-order valence-corrected chi connectivity index (χ1v) is 5.94. The van der Waals surface area contributed by atoms with Crippen LogP contribution < -0.4 is 10.5 Å². The van der Waals surface area contributed by atoms with Crippen LogP contribution in [-0.2, 0) is 0 Å². The summed E-state index contributed by atoms with van der Waals surface area (Å²) >= 11 is 0. The molecule has 3 rings (SSSR count). The van der Waals surface area contributed by atoms with Gasteiger partial charge in [0.25, 0.3) is 0 Å². The van der Waals surface area contributed by atoms with E-state index in [9.17, 15) is 8.78 Å². The summed E-state index contributed by atoms with van der Waals surface area (Å²) < 4.78 is 37.7. The summed E-state index contributed by atoms with van der Waals surface area (Å²) in [4.78, 5) is 0. The molecule has 0 saturated carbocycles. The predicted molar refractivity (Wildman–Crippen MR) is 71.8 cm³/mol. The number of fused-ring (bicyclic) bond motifs is 1. The smallest absolute Gasteiger partial charge is 0.247 e. The van der Waals surface area contributed by atoms with Gasteiger partial charge in [-0.3, -0.25) is 0 Å². The zero-order valence-electron chi connectivity index (χ0n) is 10.6. The molecule has 0 saturated heterocycles. The fraction of sp³-hybridized carbons (Fsp3) is 0. The molecule has 2 aromatic carbocycles. The van der Waals surface area contributed by atoms with E-state index in [2.05, 4.69) is 0 Å². The number of nitriles is 1. The molecule has 0 bridgehead atoms. The third-order valence-corrected chi connectivity index (χ3v) is 2.94. The van der Waals surface area contributed by atoms with E-state index in [0.717, 1.165) is 6.07 Å². The molecule has 0 unspecified atom stereocenters. The van der Waals surface area contributed by atoms with Crippen LogP contribution in [0.15, 0.2) is 40.8 Å². The van der Waals surface area contributed by atoms with Crippen LogP contribution in [0.2, 0.25) is 0 Å². The van der Waals surface area contributed by atoms with Crippen LogP contribution >= 0.6 is 0 Å². The lowest BCUT2D eigenvalue weighted by Crippen LogP contribution is -1.98. The second-order valence-corrected chi connectivity index (χ2v) is 4.25. The third kappa shape index (κ3) is 2.05. The highest BCUT2D eigenvalue weighted by Crippen LogP contribution is 2.39. The Labute approximate surface area is 118 Å². The van der Waals surface area contributed by atoms with Crippen molar-refractivity contribution in [1.29, 1.82) is 5.26 Å². The van der Waals surface area contributed by atoms with Crippen LogP contribution in [0.25, 0.3) is 11.0 Å². The van der Waals surface area contributed by atoms with Gasteiger partial charge in [-0.15, -0.1) is 0 Å². The van der Waals surface area contributed by atoms with Crippen molar-refractivity contribution in [2.75, 3.05) is 5.73 Å². The lowest BCUT2D eigenvalue weighted by atomic mass is 10.2. The zero-order chi connectivity index (χ0) is 15.0. The van der Waals surface area contributed by atoms with E-state index < -0.39 is 17.4 Å². The highest BCUT2D eigenvalue weighted by Gasteiger charge is 2.20. The Bertz CT molecular complexity index is 881. The van der Waals surface area contributed by atoms with Crippen molar-refractivity contribution in [3.63, 3.8) is 0 Å². The lowest BCUT2D eigenvalue weighted by Gasteiger charge is -2.08. The first-order chi connectivity index (χ1) is 10.1. The molecule has 1 heterocycles. The highest BCUT2D eigenvalue weighted by atomic mass is 19.2. The quantitative estimate of drug-likeness (QED) is 0.724. The standard InChI is InChI=1S/C15H8F2N2O2/c16-9-5-6-10(19)15(13(9)17)21-14-8-3-1-2-4-11(8)20-12(14)7-18/h1-6H,19H2. The second kappa shape index (κ2) is 4.80. The topological polar surface area (TPSA) is 72.2 Å². The van der Waals surface area contributed by atoms with Crippen molar-refractivity contribution >= 4 is 16.7 Å². The van der Waals surface area contributed by atoms with E-state index in [1.165, 1.54) is 6.07 Å². The fourth-order valence-electron chi connectivity index (χ4n) is 1.95. The third-order valence-electron chi connectivity index (χ3n) is 2.94. The van der Waals surface area contributed by atoms with Gasteiger partial charge in [-0.2, -0.15) is 9.65 Å². The van der Waals surface area contributed by atoms with Crippen LogP contribution in [0.3, 0.4) is 0 Å². The average molecular weight is 286 g/mol. The molecular weight excluding hydrogens is 278 g/mol. The molecule has 104 valence electrons. The van der Waals surface area contributed by atoms with Crippen molar-refractivity contribution in [2.45, 2.75) is 0 Å². The lowest BCUT2D eigenvalue weighted by molar-refractivity contribution is 0.413. The molecule has 0 aliphatic rings. The second-order valence-electron chi connectivity index (χ2n) is 4.25.